The molecule has 166 valence electrons. The van der Waals surface area contributed by atoms with Crippen LogP contribution in [-0.2, 0) is 10.0 Å². The SMILES string of the molecule is CC(C)c1ccc(S(=O)(=O)N2CCN=C2N2CCN([C@@H]3CCC(C)(C)C3)CC2)cc1. The van der Waals surface area contributed by atoms with E-state index in [1.807, 2.05) is 12.1 Å². The Balaban J connectivity index is 1.43. The molecule has 3 aliphatic rings. The molecule has 7 heteroatoms. The fraction of sp³-hybridized carbons (Fsp3) is 0.696. The Morgan fingerprint density at radius 1 is 1.03 bits per heavy atom. The summed E-state index contributed by atoms with van der Waals surface area (Å²) in [4.78, 5) is 9.72. The molecule has 1 aromatic carbocycles. The Labute approximate surface area is 182 Å². The minimum Gasteiger partial charge on any atom is -0.339 e. The van der Waals surface area contributed by atoms with Gasteiger partial charge in [-0.3, -0.25) is 9.89 Å². The first-order chi connectivity index (χ1) is 14.2. The zero-order valence-corrected chi connectivity index (χ0v) is 19.7. The Hall–Kier alpha value is -1.60. The zero-order chi connectivity index (χ0) is 21.5. The summed E-state index contributed by atoms with van der Waals surface area (Å²) in [7, 11) is -3.58. The minimum atomic E-state index is -3.58. The van der Waals surface area contributed by atoms with Gasteiger partial charge in [-0.1, -0.05) is 39.8 Å². The Bertz CT molecular complexity index is 884. The number of nitrogens with zero attached hydrogens (tertiary/aromatic N) is 4. The lowest BCUT2D eigenvalue weighted by Gasteiger charge is -2.40. The lowest BCUT2D eigenvalue weighted by Crippen LogP contribution is -2.55. The molecule has 0 unspecified atom stereocenters. The van der Waals surface area contributed by atoms with Crippen LogP contribution in [0, 0.1) is 5.41 Å². The summed E-state index contributed by atoms with van der Waals surface area (Å²) < 4.78 is 28.2. The van der Waals surface area contributed by atoms with Gasteiger partial charge in [-0.25, -0.2) is 12.7 Å². The smallest absolute Gasteiger partial charge is 0.266 e. The lowest BCUT2D eigenvalue weighted by atomic mass is 9.91. The molecule has 1 saturated carbocycles. The number of hydrogen-bond acceptors (Lipinski definition) is 5. The van der Waals surface area contributed by atoms with Crippen LogP contribution < -0.4 is 0 Å². The van der Waals surface area contributed by atoms with Crippen LogP contribution in [0.1, 0.15) is 58.4 Å². The summed E-state index contributed by atoms with van der Waals surface area (Å²) in [6.07, 6.45) is 3.84. The second-order valence-corrected chi connectivity index (χ2v) is 11.9. The second kappa shape index (κ2) is 8.15. The molecule has 4 rings (SSSR count). The molecule has 2 heterocycles. The first-order valence-corrected chi connectivity index (χ1v) is 12.8. The molecule has 2 fully saturated rings. The normalized spacial score (nSPS) is 25.2. The van der Waals surface area contributed by atoms with Crippen molar-refractivity contribution in [1.82, 2.24) is 14.1 Å². The average molecular weight is 433 g/mol. The first-order valence-electron chi connectivity index (χ1n) is 11.3. The Kier molecular flexibility index (Phi) is 5.88. The maximum Gasteiger partial charge on any atom is 0.266 e. The van der Waals surface area contributed by atoms with Gasteiger partial charge in [0.1, 0.15) is 0 Å². The second-order valence-electron chi connectivity index (χ2n) is 10.1. The van der Waals surface area contributed by atoms with Gasteiger partial charge < -0.3 is 4.90 Å². The van der Waals surface area contributed by atoms with Crippen molar-refractivity contribution in [2.24, 2.45) is 10.4 Å². The first kappa shape index (κ1) is 21.6. The predicted octanol–water partition coefficient (Wildman–Crippen LogP) is 3.37. The van der Waals surface area contributed by atoms with Crippen LogP contribution in [-0.4, -0.2) is 73.8 Å². The maximum absolute atomic E-state index is 13.3. The van der Waals surface area contributed by atoms with Crippen molar-refractivity contribution in [3.63, 3.8) is 0 Å². The maximum atomic E-state index is 13.3. The molecule has 1 saturated heterocycles. The molecule has 0 aromatic heterocycles. The predicted molar refractivity (Wildman–Crippen MR) is 121 cm³/mol. The number of rotatable bonds is 4. The van der Waals surface area contributed by atoms with Crippen molar-refractivity contribution < 1.29 is 8.42 Å². The zero-order valence-electron chi connectivity index (χ0n) is 18.8. The van der Waals surface area contributed by atoms with Gasteiger partial charge in [0.15, 0.2) is 0 Å². The van der Waals surface area contributed by atoms with Crippen molar-refractivity contribution in [1.29, 1.82) is 0 Å². The van der Waals surface area contributed by atoms with Crippen LogP contribution in [0.5, 0.6) is 0 Å². The van der Waals surface area contributed by atoms with E-state index >= 15 is 0 Å². The van der Waals surface area contributed by atoms with Gasteiger partial charge in [0.25, 0.3) is 10.0 Å². The van der Waals surface area contributed by atoms with Crippen LogP contribution in [0.4, 0.5) is 0 Å². The number of sulfonamides is 1. The monoisotopic (exact) mass is 432 g/mol. The van der Waals surface area contributed by atoms with Crippen molar-refractivity contribution in [3.8, 4) is 0 Å². The summed E-state index contributed by atoms with van der Waals surface area (Å²) in [5, 5.41) is 0. The van der Waals surface area contributed by atoms with Crippen LogP contribution >= 0.6 is 0 Å². The van der Waals surface area contributed by atoms with E-state index in [0.717, 1.165) is 31.7 Å². The minimum absolute atomic E-state index is 0.355. The number of piperazine rings is 1. The van der Waals surface area contributed by atoms with Gasteiger partial charge >= 0.3 is 0 Å². The van der Waals surface area contributed by atoms with Crippen LogP contribution in [0.3, 0.4) is 0 Å². The highest BCUT2D eigenvalue weighted by atomic mass is 32.2. The molecule has 30 heavy (non-hydrogen) atoms. The lowest BCUT2D eigenvalue weighted by molar-refractivity contribution is 0.124. The highest BCUT2D eigenvalue weighted by Crippen LogP contribution is 2.39. The van der Waals surface area contributed by atoms with E-state index < -0.39 is 10.0 Å². The van der Waals surface area contributed by atoms with Gasteiger partial charge in [0.05, 0.1) is 18.0 Å². The molecular formula is C23H36N4O2S. The van der Waals surface area contributed by atoms with Crippen molar-refractivity contribution >= 4 is 16.0 Å². The van der Waals surface area contributed by atoms with Crippen LogP contribution in [0.15, 0.2) is 34.2 Å². The van der Waals surface area contributed by atoms with Gasteiger partial charge in [-0.15, -0.1) is 0 Å². The molecule has 0 N–H and O–H groups in total. The summed E-state index contributed by atoms with van der Waals surface area (Å²) in [6.45, 7) is 13.6. The number of guanidine groups is 1. The van der Waals surface area contributed by atoms with E-state index in [4.69, 9.17) is 0 Å². The summed E-state index contributed by atoms with van der Waals surface area (Å²) >= 11 is 0. The van der Waals surface area contributed by atoms with Crippen LogP contribution in [0.25, 0.3) is 0 Å². The van der Waals surface area contributed by atoms with E-state index in [2.05, 4.69) is 42.5 Å². The van der Waals surface area contributed by atoms with Crippen LogP contribution in [0.2, 0.25) is 0 Å². The van der Waals surface area contributed by atoms with E-state index in [-0.39, 0.29) is 0 Å². The van der Waals surface area contributed by atoms with E-state index in [0.29, 0.717) is 41.3 Å². The largest absolute Gasteiger partial charge is 0.339 e. The van der Waals surface area contributed by atoms with Crippen molar-refractivity contribution in [3.05, 3.63) is 29.8 Å². The molecule has 0 radical (unpaired) electrons. The standard InChI is InChI=1S/C23H36N4O2S/c1-18(2)19-5-7-21(8-6-19)30(28,29)27-12-11-24-22(27)26-15-13-25(14-16-26)20-9-10-23(3,4)17-20/h5-8,18,20H,9-17H2,1-4H3/t20-/m1/s1. The Morgan fingerprint density at radius 3 is 2.27 bits per heavy atom. The molecule has 0 amide bonds. The number of hydrogen-bond donors (Lipinski definition) is 0. The molecular weight excluding hydrogens is 396 g/mol. The molecule has 0 bridgehead atoms. The van der Waals surface area contributed by atoms with E-state index in [1.54, 1.807) is 12.1 Å². The average Bonchev–Trinajstić information content (AvgIpc) is 3.35. The van der Waals surface area contributed by atoms with E-state index in [9.17, 15) is 8.42 Å². The highest BCUT2D eigenvalue weighted by Gasteiger charge is 2.38. The molecule has 1 aliphatic carbocycles. The fourth-order valence-electron chi connectivity index (χ4n) is 5.06. The summed E-state index contributed by atoms with van der Waals surface area (Å²) in [5.41, 5.74) is 1.60. The molecule has 6 nitrogen and oxygen atoms in total. The van der Waals surface area contributed by atoms with Gasteiger partial charge in [0, 0.05) is 32.2 Å². The third-order valence-corrected chi connectivity index (χ3v) is 8.76. The molecule has 1 atom stereocenters. The number of benzene rings is 1. The van der Waals surface area contributed by atoms with Crippen molar-refractivity contribution in [2.75, 3.05) is 39.3 Å². The molecule has 1 aromatic rings. The molecule has 2 aliphatic heterocycles. The quantitative estimate of drug-likeness (QED) is 0.732. The topological polar surface area (TPSA) is 56.2 Å². The third kappa shape index (κ3) is 4.24. The summed E-state index contributed by atoms with van der Waals surface area (Å²) in [5.74, 6) is 1.02. The third-order valence-electron chi connectivity index (χ3n) is 6.97. The van der Waals surface area contributed by atoms with Gasteiger partial charge in [-0.05, 0) is 48.3 Å². The van der Waals surface area contributed by atoms with Crippen molar-refractivity contribution in [2.45, 2.75) is 63.8 Å². The molecule has 0 spiro atoms. The summed E-state index contributed by atoms with van der Waals surface area (Å²) in [6, 6.07) is 7.99. The van der Waals surface area contributed by atoms with E-state index in [1.165, 1.54) is 23.6 Å². The van der Waals surface area contributed by atoms with Gasteiger partial charge in [-0.2, -0.15) is 0 Å². The fourth-order valence-corrected chi connectivity index (χ4v) is 6.50. The van der Waals surface area contributed by atoms with Gasteiger partial charge in [0.2, 0.25) is 5.96 Å². The highest BCUT2D eigenvalue weighted by molar-refractivity contribution is 7.89. The Morgan fingerprint density at radius 2 is 1.70 bits per heavy atom. The number of aliphatic imine (C=N–C) groups is 1.